The number of hydrogen-bond donors (Lipinski definition) is 1. The van der Waals surface area contributed by atoms with Crippen LogP contribution in [-0.2, 0) is 13.1 Å². The summed E-state index contributed by atoms with van der Waals surface area (Å²) in [7, 11) is 0. The van der Waals surface area contributed by atoms with Gasteiger partial charge in [0.15, 0.2) is 0 Å². The smallest absolute Gasteiger partial charge is 0.118 e. The summed E-state index contributed by atoms with van der Waals surface area (Å²) in [5.74, 6) is 3.77. The van der Waals surface area contributed by atoms with Gasteiger partial charge in [0.25, 0.3) is 0 Å². The molecule has 2 unspecified atom stereocenters. The molecule has 1 aliphatic rings. The summed E-state index contributed by atoms with van der Waals surface area (Å²) in [5, 5.41) is 3.31. The molecule has 0 bridgehead atoms. The molecule has 3 heteroatoms. The van der Waals surface area contributed by atoms with Gasteiger partial charge in [0.05, 0.1) is 6.54 Å². The molecule has 1 saturated heterocycles. The Labute approximate surface area is 111 Å². The summed E-state index contributed by atoms with van der Waals surface area (Å²) < 4.78 is 5.79. The molecule has 18 heavy (non-hydrogen) atoms. The van der Waals surface area contributed by atoms with Gasteiger partial charge in [-0.25, -0.2) is 0 Å². The number of furan rings is 1. The number of rotatable bonds is 5. The van der Waals surface area contributed by atoms with E-state index in [0.29, 0.717) is 0 Å². The number of likely N-dealkylation sites (tertiary alicyclic amines) is 1. The van der Waals surface area contributed by atoms with Crippen molar-refractivity contribution < 1.29 is 4.42 Å². The molecule has 0 aliphatic carbocycles. The number of aryl methyl sites for hydroxylation is 1. The Morgan fingerprint density at radius 3 is 2.61 bits per heavy atom. The molecule has 1 aliphatic heterocycles. The highest BCUT2D eigenvalue weighted by Crippen LogP contribution is 2.25. The predicted octanol–water partition coefficient (Wildman–Crippen LogP) is 2.79. The fourth-order valence-corrected chi connectivity index (χ4v) is 2.70. The largest absolute Gasteiger partial charge is 0.465 e. The van der Waals surface area contributed by atoms with Crippen LogP contribution in [0.3, 0.4) is 0 Å². The van der Waals surface area contributed by atoms with Gasteiger partial charge in [0.2, 0.25) is 0 Å². The standard InChI is InChI=1S/C15H26N2O/c1-5-16-7-15-6-14(13(4)18-15)10-17-8-11(2)12(3)9-17/h6,11-12,16H,5,7-10H2,1-4H3. The van der Waals surface area contributed by atoms with Gasteiger partial charge in [0.1, 0.15) is 11.5 Å². The first-order valence-electron chi connectivity index (χ1n) is 7.11. The molecule has 0 aromatic carbocycles. The van der Waals surface area contributed by atoms with Crippen LogP contribution in [0.15, 0.2) is 10.5 Å². The summed E-state index contributed by atoms with van der Waals surface area (Å²) in [5.41, 5.74) is 1.35. The minimum absolute atomic E-state index is 0.818. The van der Waals surface area contributed by atoms with Crippen LogP contribution in [-0.4, -0.2) is 24.5 Å². The lowest BCUT2D eigenvalue weighted by Crippen LogP contribution is -2.20. The summed E-state index contributed by atoms with van der Waals surface area (Å²) in [6, 6.07) is 2.21. The van der Waals surface area contributed by atoms with Crippen LogP contribution in [0.1, 0.15) is 37.9 Å². The van der Waals surface area contributed by atoms with E-state index in [1.807, 2.05) is 0 Å². The second kappa shape index (κ2) is 5.89. The zero-order valence-corrected chi connectivity index (χ0v) is 12.1. The fourth-order valence-electron chi connectivity index (χ4n) is 2.70. The van der Waals surface area contributed by atoms with Crippen LogP contribution < -0.4 is 5.32 Å². The van der Waals surface area contributed by atoms with Crippen molar-refractivity contribution in [3.63, 3.8) is 0 Å². The van der Waals surface area contributed by atoms with E-state index in [-0.39, 0.29) is 0 Å². The maximum absolute atomic E-state index is 5.79. The van der Waals surface area contributed by atoms with Crippen LogP contribution in [0.2, 0.25) is 0 Å². The normalized spacial score (nSPS) is 24.9. The van der Waals surface area contributed by atoms with Gasteiger partial charge in [0, 0.05) is 25.2 Å². The highest BCUT2D eigenvalue weighted by Gasteiger charge is 2.26. The van der Waals surface area contributed by atoms with Crippen LogP contribution in [0.25, 0.3) is 0 Å². The maximum Gasteiger partial charge on any atom is 0.118 e. The number of nitrogens with one attached hydrogen (secondary N) is 1. The average Bonchev–Trinajstić information content (AvgIpc) is 2.81. The Hall–Kier alpha value is -0.800. The average molecular weight is 250 g/mol. The van der Waals surface area contributed by atoms with Crippen LogP contribution >= 0.6 is 0 Å². The van der Waals surface area contributed by atoms with Gasteiger partial charge in [-0.1, -0.05) is 20.8 Å². The van der Waals surface area contributed by atoms with Crippen molar-refractivity contribution in [1.82, 2.24) is 10.2 Å². The first-order chi connectivity index (χ1) is 8.60. The van der Waals surface area contributed by atoms with Gasteiger partial charge < -0.3 is 9.73 Å². The molecular formula is C15H26N2O. The topological polar surface area (TPSA) is 28.4 Å². The summed E-state index contributed by atoms with van der Waals surface area (Å²) in [4.78, 5) is 2.55. The van der Waals surface area contributed by atoms with E-state index in [0.717, 1.165) is 43.0 Å². The lowest BCUT2D eigenvalue weighted by molar-refractivity contribution is 0.313. The molecule has 0 saturated carbocycles. The van der Waals surface area contributed by atoms with Crippen LogP contribution in [0.4, 0.5) is 0 Å². The Bertz CT molecular complexity index is 376. The molecule has 3 nitrogen and oxygen atoms in total. The molecule has 1 N–H and O–H groups in total. The zero-order chi connectivity index (χ0) is 13.1. The van der Waals surface area contributed by atoms with Gasteiger partial charge >= 0.3 is 0 Å². The summed E-state index contributed by atoms with van der Waals surface area (Å²) in [6.07, 6.45) is 0. The molecule has 102 valence electrons. The first kappa shape index (κ1) is 13.6. The van der Waals surface area contributed by atoms with E-state index >= 15 is 0 Å². The molecule has 0 radical (unpaired) electrons. The molecule has 1 aromatic heterocycles. The third-order valence-corrected chi connectivity index (χ3v) is 4.08. The molecule has 2 heterocycles. The summed E-state index contributed by atoms with van der Waals surface area (Å²) in [6.45, 7) is 14.2. The van der Waals surface area contributed by atoms with E-state index < -0.39 is 0 Å². The number of hydrogen-bond acceptors (Lipinski definition) is 3. The summed E-state index contributed by atoms with van der Waals surface area (Å²) >= 11 is 0. The predicted molar refractivity (Wildman–Crippen MR) is 74.4 cm³/mol. The monoisotopic (exact) mass is 250 g/mol. The van der Waals surface area contributed by atoms with Crippen LogP contribution in [0.5, 0.6) is 0 Å². The Balaban J connectivity index is 1.95. The van der Waals surface area contributed by atoms with Gasteiger partial charge in [-0.2, -0.15) is 0 Å². The van der Waals surface area contributed by atoms with Crippen molar-refractivity contribution in [3.05, 3.63) is 23.2 Å². The van der Waals surface area contributed by atoms with Gasteiger partial charge in [-0.05, 0) is 31.4 Å². The molecule has 1 aromatic rings. The second-order valence-corrected chi connectivity index (χ2v) is 5.72. The zero-order valence-electron chi connectivity index (χ0n) is 12.1. The van der Waals surface area contributed by atoms with Crippen LogP contribution in [0, 0.1) is 18.8 Å². The fraction of sp³-hybridized carbons (Fsp3) is 0.733. The molecular weight excluding hydrogens is 224 g/mol. The van der Waals surface area contributed by atoms with Gasteiger partial charge in [-0.15, -0.1) is 0 Å². The van der Waals surface area contributed by atoms with Gasteiger partial charge in [-0.3, -0.25) is 4.90 Å². The highest BCUT2D eigenvalue weighted by molar-refractivity contribution is 5.21. The quantitative estimate of drug-likeness (QED) is 0.871. The Morgan fingerprint density at radius 1 is 1.33 bits per heavy atom. The van der Waals surface area contributed by atoms with Crippen molar-refractivity contribution in [3.8, 4) is 0 Å². The van der Waals surface area contributed by atoms with Crippen molar-refractivity contribution in [2.45, 2.75) is 40.8 Å². The van der Waals surface area contributed by atoms with Crippen molar-refractivity contribution >= 4 is 0 Å². The minimum atomic E-state index is 0.818. The molecule has 2 atom stereocenters. The van der Waals surface area contributed by atoms with Crippen molar-refractivity contribution in [2.75, 3.05) is 19.6 Å². The SMILES string of the molecule is CCNCc1cc(CN2CC(C)C(C)C2)c(C)o1. The first-order valence-corrected chi connectivity index (χ1v) is 7.11. The number of nitrogens with zero attached hydrogens (tertiary/aromatic N) is 1. The van der Waals surface area contributed by atoms with E-state index in [1.165, 1.54) is 18.7 Å². The highest BCUT2D eigenvalue weighted by atomic mass is 16.3. The molecule has 0 spiro atoms. The molecule has 0 amide bonds. The molecule has 2 rings (SSSR count). The third-order valence-electron chi connectivity index (χ3n) is 4.08. The van der Waals surface area contributed by atoms with E-state index in [4.69, 9.17) is 4.42 Å². The second-order valence-electron chi connectivity index (χ2n) is 5.72. The maximum atomic E-state index is 5.79. The minimum Gasteiger partial charge on any atom is -0.465 e. The van der Waals surface area contributed by atoms with Crippen molar-refractivity contribution in [2.24, 2.45) is 11.8 Å². The lowest BCUT2D eigenvalue weighted by Gasteiger charge is -2.14. The Morgan fingerprint density at radius 2 is 2.00 bits per heavy atom. The Kier molecular flexibility index (Phi) is 4.46. The van der Waals surface area contributed by atoms with E-state index in [9.17, 15) is 0 Å². The third kappa shape index (κ3) is 3.15. The lowest BCUT2D eigenvalue weighted by atomic mass is 10.0. The van der Waals surface area contributed by atoms with Crippen molar-refractivity contribution in [1.29, 1.82) is 0 Å². The molecule has 1 fully saturated rings. The van der Waals surface area contributed by atoms with E-state index in [1.54, 1.807) is 0 Å². The van der Waals surface area contributed by atoms with E-state index in [2.05, 4.69) is 44.0 Å².